The van der Waals surface area contributed by atoms with Gasteiger partial charge in [0, 0.05) is 23.3 Å². The van der Waals surface area contributed by atoms with Gasteiger partial charge in [0.25, 0.3) is 0 Å². The van der Waals surface area contributed by atoms with Gasteiger partial charge in [0.05, 0.1) is 5.52 Å². The first kappa shape index (κ1) is 15.9. The smallest absolute Gasteiger partial charge is 0.244 e. The second-order valence-corrected chi connectivity index (χ2v) is 5.50. The monoisotopic (exact) mass is 324 g/mol. The Morgan fingerprint density at radius 2 is 1.92 bits per heavy atom. The summed E-state index contributed by atoms with van der Waals surface area (Å²) in [6.45, 7) is 1.94. The number of rotatable bonds is 4. The summed E-state index contributed by atoms with van der Waals surface area (Å²) in [6, 6.07) is 13.2. The van der Waals surface area contributed by atoms with E-state index < -0.39 is 5.82 Å². The van der Waals surface area contributed by atoms with Crippen LogP contribution in [0, 0.1) is 5.82 Å². The maximum Gasteiger partial charge on any atom is 0.244 e. The predicted octanol–water partition coefficient (Wildman–Crippen LogP) is 3.34. The molecule has 122 valence electrons. The van der Waals surface area contributed by atoms with Crippen LogP contribution < -0.4 is 10.7 Å². The van der Waals surface area contributed by atoms with Gasteiger partial charge in [0.15, 0.2) is 5.43 Å². The van der Waals surface area contributed by atoms with Crippen molar-refractivity contribution in [3.63, 3.8) is 0 Å². The van der Waals surface area contributed by atoms with Gasteiger partial charge in [-0.3, -0.25) is 9.59 Å². The number of halogens is 1. The molecule has 0 aliphatic rings. The number of para-hydroxylation sites is 2. The van der Waals surface area contributed by atoms with Gasteiger partial charge in [-0.1, -0.05) is 31.2 Å². The summed E-state index contributed by atoms with van der Waals surface area (Å²) in [5.74, 6) is -0.795. The molecule has 5 heteroatoms. The Morgan fingerprint density at radius 1 is 1.12 bits per heavy atom. The molecule has 3 rings (SSSR count). The highest BCUT2D eigenvalue weighted by Gasteiger charge is 2.11. The molecule has 0 aliphatic heterocycles. The fraction of sp³-hybridized carbons (Fsp3) is 0.158. The van der Waals surface area contributed by atoms with E-state index in [0.717, 1.165) is 17.7 Å². The fourth-order valence-electron chi connectivity index (χ4n) is 2.75. The number of pyridine rings is 1. The van der Waals surface area contributed by atoms with E-state index in [2.05, 4.69) is 5.32 Å². The maximum absolute atomic E-state index is 14.1. The second-order valence-electron chi connectivity index (χ2n) is 5.50. The zero-order chi connectivity index (χ0) is 17.1. The van der Waals surface area contributed by atoms with Crippen LogP contribution in [-0.4, -0.2) is 10.5 Å². The molecule has 0 fully saturated rings. The van der Waals surface area contributed by atoms with E-state index in [9.17, 15) is 14.0 Å². The number of fused-ring (bicyclic) bond motifs is 1. The van der Waals surface area contributed by atoms with Crippen LogP contribution in [-0.2, 0) is 17.8 Å². The number of amides is 1. The van der Waals surface area contributed by atoms with Gasteiger partial charge in [-0.2, -0.15) is 0 Å². The van der Waals surface area contributed by atoms with E-state index in [1.165, 1.54) is 29.0 Å². The van der Waals surface area contributed by atoms with Crippen LogP contribution in [0.2, 0.25) is 0 Å². The first-order valence-electron chi connectivity index (χ1n) is 7.75. The summed E-state index contributed by atoms with van der Waals surface area (Å²) in [5.41, 5.74) is 1.65. The van der Waals surface area contributed by atoms with E-state index in [-0.39, 0.29) is 28.8 Å². The summed E-state index contributed by atoms with van der Waals surface area (Å²) in [6.07, 6.45) is 2.24. The summed E-state index contributed by atoms with van der Waals surface area (Å²) in [5, 5.41) is 3.11. The lowest BCUT2D eigenvalue weighted by molar-refractivity contribution is -0.116. The SMILES string of the molecule is CCc1ccccc1NC(=O)Cn1ccc(=O)c2cccc(F)c21. The Hall–Kier alpha value is -2.95. The third-order valence-corrected chi connectivity index (χ3v) is 3.93. The second kappa shape index (κ2) is 6.66. The van der Waals surface area contributed by atoms with Crippen LogP contribution in [0.1, 0.15) is 12.5 Å². The molecule has 1 aromatic heterocycles. The van der Waals surface area contributed by atoms with Crippen molar-refractivity contribution in [3.05, 3.63) is 76.3 Å². The molecule has 0 spiro atoms. The summed E-state index contributed by atoms with van der Waals surface area (Å²) in [4.78, 5) is 24.2. The highest BCUT2D eigenvalue weighted by Crippen LogP contribution is 2.17. The number of hydrogen-bond donors (Lipinski definition) is 1. The van der Waals surface area contributed by atoms with Gasteiger partial charge in [-0.25, -0.2) is 4.39 Å². The molecular weight excluding hydrogens is 307 g/mol. The van der Waals surface area contributed by atoms with Gasteiger partial charge in [-0.15, -0.1) is 0 Å². The number of carbonyl (C=O) groups is 1. The Morgan fingerprint density at radius 3 is 2.71 bits per heavy atom. The van der Waals surface area contributed by atoms with Crippen molar-refractivity contribution in [1.82, 2.24) is 4.57 Å². The molecule has 4 nitrogen and oxygen atoms in total. The van der Waals surface area contributed by atoms with Crippen molar-refractivity contribution in [2.75, 3.05) is 5.32 Å². The van der Waals surface area contributed by atoms with Gasteiger partial charge in [-0.05, 0) is 30.2 Å². The summed E-state index contributed by atoms with van der Waals surface area (Å²) < 4.78 is 15.6. The first-order chi connectivity index (χ1) is 11.6. The molecular formula is C19H17FN2O2. The van der Waals surface area contributed by atoms with Crippen LogP contribution in [0.25, 0.3) is 10.9 Å². The molecule has 1 heterocycles. The number of benzene rings is 2. The highest BCUT2D eigenvalue weighted by atomic mass is 19.1. The number of nitrogens with zero attached hydrogens (tertiary/aromatic N) is 1. The molecule has 0 unspecified atom stereocenters. The predicted molar refractivity (Wildman–Crippen MR) is 92.6 cm³/mol. The highest BCUT2D eigenvalue weighted by molar-refractivity contribution is 5.92. The van der Waals surface area contributed by atoms with Crippen molar-refractivity contribution in [2.24, 2.45) is 0 Å². The zero-order valence-corrected chi connectivity index (χ0v) is 13.3. The molecule has 2 aromatic carbocycles. The molecule has 0 aliphatic carbocycles. The van der Waals surface area contributed by atoms with Crippen LogP contribution in [0.3, 0.4) is 0 Å². The number of nitrogens with one attached hydrogen (secondary N) is 1. The van der Waals surface area contributed by atoms with E-state index in [1.807, 2.05) is 31.2 Å². The van der Waals surface area contributed by atoms with Crippen LogP contribution >= 0.6 is 0 Å². The average molecular weight is 324 g/mol. The minimum atomic E-state index is -0.521. The molecule has 3 aromatic rings. The molecule has 0 bridgehead atoms. The molecule has 0 saturated heterocycles. The minimum absolute atomic E-state index is 0.0736. The Bertz CT molecular complexity index is 963. The van der Waals surface area contributed by atoms with E-state index in [1.54, 1.807) is 6.07 Å². The van der Waals surface area contributed by atoms with Crippen molar-refractivity contribution >= 4 is 22.5 Å². The summed E-state index contributed by atoms with van der Waals surface area (Å²) in [7, 11) is 0. The fourth-order valence-corrected chi connectivity index (χ4v) is 2.75. The molecule has 24 heavy (non-hydrogen) atoms. The van der Waals surface area contributed by atoms with Crippen molar-refractivity contribution < 1.29 is 9.18 Å². The van der Waals surface area contributed by atoms with Crippen molar-refractivity contribution in [3.8, 4) is 0 Å². The lowest BCUT2D eigenvalue weighted by Gasteiger charge is -2.13. The van der Waals surface area contributed by atoms with Crippen molar-refractivity contribution in [1.29, 1.82) is 0 Å². The normalized spacial score (nSPS) is 10.8. The quantitative estimate of drug-likeness (QED) is 0.800. The van der Waals surface area contributed by atoms with Crippen LogP contribution in [0.4, 0.5) is 10.1 Å². The zero-order valence-electron chi connectivity index (χ0n) is 13.3. The van der Waals surface area contributed by atoms with E-state index >= 15 is 0 Å². The Labute approximate surface area is 138 Å². The van der Waals surface area contributed by atoms with E-state index in [0.29, 0.717) is 0 Å². The van der Waals surface area contributed by atoms with Gasteiger partial charge in [0.2, 0.25) is 5.91 Å². The topological polar surface area (TPSA) is 51.1 Å². The largest absolute Gasteiger partial charge is 0.335 e. The van der Waals surface area contributed by atoms with Crippen LogP contribution in [0.15, 0.2) is 59.5 Å². The number of aromatic nitrogens is 1. The number of hydrogen-bond acceptors (Lipinski definition) is 2. The third-order valence-electron chi connectivity index (χ3n) is 3.93. The van der Waals surface area contributed by atoms with Crippen molar-refractivity contribution in [2.45, 2.75) is 19.9 Å². The standard InChI is InChI=1S/C19H17FN2O2/c1-2-13-6-3-4-9-16(13)21-18(24)12-22-11-10-17(23)14-7-5-8-15(20)19(14)22/h3-11H,2,12H2,1H3,(H,21,24). The average Bonchev–Trinajstić information content (AvgIpc) is 2.58. The molecule has 1 N–H and O–H groups in total. The van der Waals surface area contributed by atoms with E-state index in [4.69, 9.17) is 0 Å². The summed E-state index contributed by atoms with van der Waals surface area (Å²) >= 11 is 0. The number of aryl methyl sites for hydroxylation is 1. The molecule has 0 atom stereocenters. The molecule has 0 saturated carbocycles. The lowest BCUT2D eigenvalue weighted by atomic mass is 10.1. The van der Waals surface area contributed by atoms with Gasteiger partial charge >= 0.3 is 0 Å². The maximum atomic E-state index is 14.1. The number of carbonyl (C=O) groups excluding carboxylic acids is 1. The third kappa shape index (κ3) is 3.06. The van der Waals surface area contributed by atoms with Gasteiger partial charge in [0.1, 0.15) is 12.4 Å². The first-order valence-corrected chi connectivity index (χ1v) is 7.75. The lowest BCUT2D eigenvalue weighted by Crippen LogP contribution is -2.21. The Kier molecular flexibility index (Phi) is 4.42. The minimum Gasteiger partial charge on any atom is -0.335 e. The van der Waals surface area contributed by atoms with Crippen LogP contribution in [0.5, 0.6) is 0 Å². The molecule has 0 radical (unpaired) electrons. The Balaban J connectivity index is 1.92. The number of anilines is 1. The molecule has 1 amide bonds. The van der Waals surface area contributed by atoms with Gasteiger partial charge < -0.3 is 9.88 Å².